The van der Waals surface area contributed by atoms with E-state index >= 15 is 0 Å². The van der Waals surface area contributed by atoms with Crippen LogP contribution in [0.15, 0.2) is 27.8 Å². The van der Waals surface area contributed by atoms with Crippen molar-refractivity contribution in [2.45, 2.75) is 6.42 Å². The van der Waals surface area contributed by atoms with Crippen molar-refractivity contribution in [3.8, 4) is 6.07 Å². The highest BCUT2D eigenvalue weighted by molar-refractivity contribution is 5.91. The second-order valence-corrected chi connectivity index (χ2v) is 2.00. The highest BCUT2D eigenvalue weighted by atomic mass is 16.3. The van der Waals surface area contributed by atoms with Gasteiger partial charge in [0.2, 0.25) is 0 Å². The molecule has 0 aliphatic carbocycles. The summed E-state index contributed by atoms with van der Waals surface area (Å²) in [5.74, 6) is 0.0372. The van der Waals surface area contributed by atoms with E-state index in [4.69, 9.17) is 9.68 Å². The van der Waals surface area contributed by atoms with Gasteiger partial charge in [-0.05, 0) is 12.1 Å². The molecule has 0 N–H and O–H groups in total. The SMILES string of the molecule is N#CCC(=O)N=Cc1ccco1. The first kappa shape index (κ1) is 8.21. The second kappa shape index (κ2) is 4.09. The van der Waals surface area contributed by atoms with Crippen LogP contribution in [0.3, 0.4) is 0 Å². The Kier molecular flexibility index (Phi) is 2.79. The van der Waals surface area contributed by atoms with E-state index in [1.54, 1.807) is 18.2 Å². The number of rotatable bonds is 2. The molecule has 0 aliphatic heterocycles. The molecular formula is C8H6N2O2. The summed E-state index contributed by atoms with van der Waals surface area (Å²) in [6.07, 6.45) is 2.58. The number of hydrogen-bond donors (Lipinski definition) is 0. The largest absolute Gasteiger partial charge is 0.463 e. The number of amides is 1. The number of nitrogens with zero attached hydrogens (tertiary/aromatic N) is 2. The van der Waals surface area contributed by atoms with Gasteiger partial charge in [-0.15, -0.1) is 0 Å². The standard InChI is InChI=1S/C8H6N2O2/c9-4-3-8(11)10-6-7-2-1-5-12-7/h1-2,5-6H,3H2. The highest BCUT2D eigenvalue weighted by Crippen LogP contribution is 1.95. The molecular weight excluding hydrogens is 156 g/mol. The van der Waals surface area contributed by atoms with Gasteiger partial charge in [0.25, 0.3) is 5.91 Å². The van der Waals surface area contributed by atoms with Crippen molar-refractivity contribution in [2.75, 3.05) is 0 Å². The molecule has 0 saturated heterocycles. The summed E-state index contributed by atoms with van der Waals surface area (Å²) < 4.78 is 4.88. The zero-order valence-electron chi connectivity index (χ0n) is 6.23. The van der Waals surface area contributed by atoms with Crippen molar-refractivity contribution in [3.05, 3.63) is 24.2 Å². The summed E-state index contributed by atoms with van der Waals surface area (Å²) in [4.78, 5) is 14.2. The molecule has 0 radical (unpaired) electrons. The third-order valence-electron chi connectivity index (χ3n) is 1.11. The van der Waals surface area contributed by atoms with E-state index in [0.29, 0.717) is 5.76 Å². The lowest BCUT2D eigenvalue weighted by Gasteiger charge is -1.82. The molecule has 4 heteroatoms. The van der Waals surface area contributed by atoms with Crippen LogP contribution in [0.2, 0.25) is 0 Å². The van der Waals surface area contributed by atoms with E-state index in [-0.39, 0.29) is 6.42 Å². The van der Waals surface area contributed by atoms with Crippen LogP contribution in [-0.4, -0.2) is 12.1 Å². The molecule has 0 saturated carbocycles. The molecule has 1 heterocycles. The molecule has 0 unspecified atom stereocenters. The van der Waals surface area contributed by atoms with Crippen LogP contribution in [0.5, 0.6) is 0 Å². The fourth-order valence-corrected chi connectivity index (χ4v) is 0.614. The number of nitriles is 1. The third kappa shape index (κ3) is 2.39. The number of carbonyl (C=O) groups excluding carboxylic acids is 1. The molecule has 1 amide bonds. The number of carbonyl (C=O) groups is 1. The van der Waals surface area contributed by atoms with Gasteiger partial charge in [-0.1, -0.05) is 0 Å². The maximum Gasteiger partial charge on any atom is 0.259 e. The third-order valence-corrected chi connectivity index (χ3v) is 1.11. The summed E-state index contributed by atoms with van der Waals surface area (Å²) >= 11 is 0. The van der Waals surface area contributed by atoms with Crippen LogP contribution in [0, 0.1) is 11.3 Å². The average molecular weight is 162 g/mol. The lowest BCUT2D eigenvalue weighted by Crippen LogP contribution is -1.90. The van der Waals surface area contributed by atoms with Crippen molar-refractivity contribution in [1.82, 2.24) is 0 Å². The van der Waals surface area contributed by atoms with E-state index in [2.05, 4.69) is 4.99 Å². The predicted molar refractivity (Wildman–Crippen MR) is 41.5 cm³/mol. The van der Waals surface area contributed by atoms with E-state index in [1.807, 2.05) is 0 Å². The molecule has 0 fully saturated rings. The molecule has 0 aromatic carbocycles. The summed E-state index contributed by atoms with van der Waals surface area (Å²) in [5, 5.41) is 8.13. The molecule has 1 rings (SSSR count). The summed E-state index contributed by atoms with van der Waals surface area (Å²) in [7, 11) is 0. The first-order valence-corrected chi connectivity index (χ1v) is 3.30. The zero-order chi connectivity index (χ0) is 8.81. The highest BCUT2D eigenvalue weighted by Gasteiger charge is 1.95. The molecule has 60 valence electrons. The van der Waals surface area contributed by atoms with Gasteiger partial charge in [0.1, 0.15) is 12.2 Å². The van der Waals surface area contributed by atoms with E-state index in [0.717, 1.165) is 0 Å². The van der Waals surface area contributed by atoms with E-state index in [9.17, 15) is 4.79 Å². The Labute approximate surface area is 69.1 Å². The van der Waals surface area contributed by atoms with Gasteiger partial charge in [0.15, 0.2) is 0 Å². The maximum atomic E-state index is 10.7. The molecule has 0 atom stereocenters. The molecule has 0 spiro atoms. The summed E-state index contributed by atoms with van der Waals surface area (Å²) in [5.41, 5.74) is 0. The molecule has 1 aromatic rings. The van der Waals surface area contributed by atoms with Crippen LogP contribution in [0.4, 0.5) is 0 Å². The number of furan rings is 1. The van der Waals surface area contributed by atoms with Crippen molar-refractivity contribution in [2.24, 2.45) is 4.99 Å². The fraction of sp³-hybridized carbons (Fsp3) is 0.125. The Balaban J connectivity index is 2.52. The minimum atomic E-state index is -0.464. The van der Waals surface area contributed by atoms with E-state index in [1.165, 1.54) is 12.5 Å². The quantitative estimate of drug-likeness (QED) is 0.612. The van der Waals surface area contributed by atoms with Gasteiger partial charge in [-0.2, -0.15) is 5.26 Å². The van der Waals surface area contributed by atoms with Crippen LogP contribution in [-0.2, 0) is 4.79 Å². The monoisotopic (exact) mass is 162 g/mol. The fourth-order valence-electron chi connectivity index (χ4n) is 0.614. The van der Waals surface area contributed by atoms with Crippen molar-refractivity contribution >= 4 is 12.1 Å². The Morgan fingerprint density at radius 3 is 3.25 bits per heavy atom. The van der Waals surface area contributed by atoms with Gasteiger partial charge in [-0.3, -0.25) is 4.79 Å². The van der Waals surface area contributed by atoms with Crippen LogP contribution in [0.25, 0.3) is 0 Å². The topological polar surface area (TPSA) is 66.4 Å². The normalized spacial score (nSPS) is 9.92. The first-order valence-electron chi connectivity index (χ1n) is 3.30. The van der Waals surface area contributed by atoms with Gasteiger partial charge < -0.3 is 4.42 Å². The first-order chi connectivity index (χ1) is 5.83. The summed E-state index contributed by atoms with van der Waals surface area (Å²) in [6.45, 7) is 0. The van der Waals surface area contributed by atoms with E-state index < -0.39 is 5.91 Å². The van der Waals surface area contributed by atoms with Crippen molar-refractivity contribution in [3.63, 3.8) is 0 Å². The maximum absolute atomic E-state index is 10.7. The average Bonchev–Trinajstić information content (AvgIpc) is 2.53. The zero-order valence-corrected chi connectivity index (χ0v) is 6.23. The van der Waals surface area contributed by atoms with Crippen LogP contribution < -0.4 is 0 Å². The Bertz CT molecular complexity index is 319. The second-order valence-electron chi connectivity index (χ2n) is 2.00. The van der Waals surface area contributed by atoms with Crippen molar-refractivity contribution in [1.29, 1.82) is 5.26 Å². The van der Waals surface area contributed by atoms with Crippen molar-refractivity contribution < 1.29 is 9.21 Å². The smallest absolute Gasteiger partial charge is 0.259 e. The Morgan fingerprint density at radius 1 is 1.83 bits per heavy atom. The number of aliphatic imine (C=N–C) groups is 1. The minimum absolute atomic E-state index is 0.197. The van der Waals surface area contributed by atoms with Gasteiger partial charge in [0, 0.05) is 0 Å². The predicted octanol–water partition coefficient (Wildman–Crippen LogP) is 1.14. The lowest BCUT2D eigenvalue weighted by molar-refractivity contribution is -0.116. The molecule has 12 heavy (non-hydrogen) atoms. The Hall–Kier alpha value is -1.89. The van der Waals surface area contributed by atoms with Crippen LogP contribution in [0.1, 0.15) is 12.2 Å². The summed E-state index contributed by atoms with van der Waals surface area (Å²) in [6, 6.07) is 5.06. The molecule has 0 aliphatic rings. The van der Waals surface area contributed by atoms with Gasteiger partial charge in [0.05, 0.1) is 18.5 Å². The van der Waals surface area contributed by atoms with Gasteiger partial charge >= 0.3 is 0 Å². The molecule has 4 nitrogen and oxygen atoms in total. The number of hydrogen-bond acceptors (Lipinski definition) is 3. The molecule has 1 aromatic heterocycles. The Morgan fingerprint density at radius 2 is 2.67 bits per heavy atom. The minimum Gasteiger partial charge on any atom is -0.463 e. The van der Waals surface area contributed by atoms with Crippen LogP contribution >= 0.6 is 0 Å². The van der Waals surface area contributed by atoms with Gasteiger partial charge in [-0.25, -0.2) is 4.99 Å². The lowest BCUT2D eigenvalue weighted by atomic mass is 10.4. The molecule has 0 bridgehead atoms.